The van der Waals surface area contributed by atoms with Crippen molar-refractivity contribution in [2.75, 3.05) is 19.4 Å². The molecule has 33 heavy (non-hydrogen) atoms. The Kier molecular flexibility index (Phi) is 5.54. The Morgan fingerprint density at radius 1 is 1.21 bits per heavy atom. The van der Waals surface area contributed by atoms with Gasteiger partial charge in [0.25, 0.3) is 5.91 Å². The van der Waals surface area contributed by atoms with E-state index in [1.165, 1.54) is 17.7 Å². The van der Waals surface area contributed by atoms with Gasteiger partial charge in [-0.05, 0) is 37.0 Å². The Balaban J connectivity index is 1.54. The Morgan fingerprint density at radius 3 is 2.64 bits per heavy atom. The smallest absolute Gasteiger partial charge is 0.253 e. The van der Waals surface area contributed by atoms with Gasteiger partial charge in [0.15, 0.2) is 0 Å². The largest absolute Gasteiger partial charge is 0.345 e. The molecular weight excluding hydrogens is 459 g/mol. The third-order valence-electron chi connectivity index (χ3n) is 5.89. The van der Waals surface area contributed by atoms with Crippen LogP contribution in [-0.2, 0) is 13.6 Å². The van der Waals surface area contributed by atoms with Crippen LogP contribution in [0.3, 0.4) is 0 Å². The SMILES string of the molecule is CN(C)C(=O)c1ccc(Nc2cc3c(cn2)c(Cl)c(-c2cnn(C)c2)n3CC2CC2)c(Cl)c1. The van der Waals surface area contributed by atoms with E-state index in [2.05, 4.69) is 20.0 Å². The van der Waals surface area contributed by atoms with Gasteiger partial charge >= 0.3 is 0 Å². The number of nitrogens with zero attached hydrogens (tertiary/aromatic N) is 5. The number of carbonyl (C=O) groups excluding carboxylic acids is 1. The van der Waals surface area contributed by atoms with Gasteiger partial charge < -0.3 is 14.8 Å². The van der Waals surface area contributed by atoms with Crippen molar-refractivity contribution >= 4 is 51.5 Å². The topological polar surface area (TPSA) is 68.0 Å². The number of amides is 1. The highest BCUT2D eigenvalue weighted by molar-refractivity contribution is 6.38. The zero-order valence-electron chi connectivity index (χ0n) is 18.6. The molecule has 0 radical (unpaired) electrons. The summed E-state index contributed by atoms with van der Waals surface area (Å²) in [5, 5.41) is 9.65. The Hall–Kier alpha value is -3.03. The number of carbonyl (C=O) groups is 1. The molecule has 0 aliphatic heterocycles. The number of pyridine rings is 1. The molecule has 0 saturated heterocycles. The van der Waals surface area contributed by atoms with E-state index in [0.717, 1.165) is 28.7 Å². The predicted octanol–water partition coefficient (Wildman–Crippen LogP) is 5.60. The summed E-state index contributed by atoms with van der Waals surface area (Å²) in [6.45, 7) is 0.902. The lowest BCUT2D eigenvalue weighted by Crippen LogP contribution is -2.21. The molecule has 0 bridgehead atoms. The summed E-state index contributed by atoms with van der Waals surface area (Å²) >= 11 is 13.3. The Labute approximate surface area is 201 Å². The van der Waals surface area contributed by atoms with Crippen molar-refractivity contribution in [3.05, 3.63) is 58.5 Å². The third-order valence-corrected chi connectivity index (χ3v) is 6.58. The van der Waals surface area contributed by atoms with E-state index in [1.807, 2.05) is 25.5 Å². The summed E-state index contributed by atoms with van der Waals surface area (Å²) in [5.41, 5.74) is 4.18. The van der Waals surface area contributed by atoms with E-state index in [1.54, 1.807) is 43.2 Å². The van der Waals surface area contributed by atoms with Crippen LogP contribution >= 0.6 is 23.2 Å². The highest BCUT2D eigenvalue weighted by Gasteiger charge is 2.27. The number of halogens is 2. The molecule has 0 unspecified atom stereocenters. The van der Waals surface area contributed by atoms with Gasteiger partial charge in [0.1, 0.15) is 5.82 Å². The molecule has 0 spiro atoms. The molecule has 1 fully saturated rings. The summed E-state index contributed by atoms with van der Waals surface area (Å²) in [6.07, 6.45) is 8.07. The minimum atomic E-state index is -0.0986. The Morgan fingerprint density at radius 2 is 2.00 bits per heavy atom. The highest BCUT2D eigenvalue weighted by Crippen LogP contribution is 2.41. The predicted molar refractivity (Wildman–Crippen MR) is 132 cm³/mol. The zero-order valence-corrected chi connectivity index (χ0v) is 20.2. The maximum absolute atomic E-state index is 12.2. The molecule has 1 amide bonds. The van der Waals surface area contributed by atoms with Crippen molar-refractivity contribution in [2.24, 2.45) is 13.0 Å². The molecule has 3 aromatic heterocycles. The van der Waals surface area contributed by atoms with E-state index in [-0.39, 0.29) is 5.91 Å². The lowest BCUT2D eigenvalue weighted by Gasteiger charge is -2.13. The summed E-state index contributed by atoms with van der Waals surface area (Å²) in [4.78, 5) is 18.3. The van der Waals surface area contributed by atoms with Gasteiger partial charge in [-0.15, -0.1) is 0 Å². The molecule has 9 heteroatoms. The fraction of sp³-hybridized carbons (Fsp3) is 0.292. The molecule has 7 nitrogen and oxygen atoms in total. The Bertz CT molecular complexity index is 1370. The first-order chi connectivity index (χ1) is 15.8. The van der Waals surface area contributed by atoms with Crippen molar-refractivity contribution in [2.45, 2.75) is 19.4 Å². The van der Waals surface area contributed by atoms with Gasteiger partial charge in [-0.2, -0.15) is 5.10 Å². The first-order valence-electron chi connectivity index (χ1n) is 10.8. The molecule has 1 aromatic carbocycles. The number of rotatable bonds is 6. The van der Waals surface area contributed by atoms with Gasteiger partial charge in [0.2, 0.25) is 0 Å². The molecule has 4 aromatic rings. The van der Waals surface area contributed by atoms with Gasteiger partial charge in [0.05, 0.1) is 33.1 Å². The number of benzene rings is 1. The summed E-state index contributed by atoms with van der Waals surface area (Å²) in [5.74, 6) is 1.21. The lowest BCUT2D eigenvalue weighted by molar-refractivity contribution is 0.0827. The third kappa shape index (κ3) is 4.18. The summed E-state index contributed by atoms with van der Waals surface area (Å²) in [6, 6.07) is 7.21. The lowest BCUT2D eigenvalue weighted by atomic mass is 10.2. The number of aryl methyl sites for hydroxylation is 1. The minimum Gasteiger partial charge on any atom is -0.345 e. The van der Waals surface area contributed by atoms with Gasteiger partial charge in [-0.1, -0.05) is 23.2 Å². The van der Waals surface area contributed by atoms with Crippen LogP contribution in [0.25, 0.3) is 22.2 Å². The average molecular weight is 483 g/mol. The number of hydrogen-bond acceptors (Lipinski definition) is 4. The van der Waals surface area contributed by atoms with Crippen molar-refractivity contribution < 1.29 is 4.79 Å². The summed E-state index contributed by atoms with van der Waals surface area (Å²) < 4.78 is 4.06. The number of nitrogens with one attached hydrogen (secondary N) is 1. The van der Waals surface area contributed by atoms with E-state index in [9.17, 15) is 4.79 Å². The zero-order chi connectivity index (χ0) is 23.3. The van der Waals surface area contributed by atoms with E-state index in [4.69, 9.17) is 23.2 Å². The maximum Gasteiger partial charge on any atom is 0.253 e. The number of aromatic nitrogens is 4. The van der Waals surface area contributed by atoms with Crippen molar-refractivity contribution in [1.29, 1.82) is 0 Å². The van der Waals surface area contributed by atoms with Crippen molar-refractivity contribution in [3.63, 3.8) is 0 Å². The molecule has 3 heterocycles. The fourth-order valence-electron chi connectivity index (χ4n) is 3.99. The normalized spacial score (nSPS) is 13.5. The number of fused-ring (bicyclic) bond motifs is 1. The van der Waals surface area contributed by atoms with Crippen LogP contribution in [0.1, 0.15) is 23.2 Å². The number of anilines is 2. The standard InChI is InChI=1S/C24H24Cl2N6O/c1-30(2)24(33)15-6-7-19(18(25)8-15)29-21-9-20-17(11-27-21)22(26)23(16-10-28-31(3)13-16)32(20)12-14-4-5-14/h6-11,13-14H,4-5,12H2,1-3H3,(H,27,29). The molecule has 170 valence electrons. The maximum atomic E-state index is 12.2. The molecule has 1 saturated carbocycles. The number of hydrogen-bond donors (Lipinski definition) is 1. The van der Waals surface area contributed by atoms with Crippen LogP contribution in [-0.4, -0.2) is 44.2 Å². The highest BCUT2D eigenvalue weighted by atomic mass is 35.5. The molecule has 1 N–H and O–H groups in total. The van der Waals surface area contributed by atoms with Crippen LogP contribution in [0.5, 0.6) is 0 Å². The van der Waals surface area contributed by atoms with Crippen LogP contribution in [0.2, 0.25) is 10.0 Å². The first-order valence-corrected chi connectivity index (χ1v) is 11.5. The second-order valence-electron chi connectivity index (χ2n) is 8.73. The first kappa shape index (κ1) is 21.8. The van der Waals surface area contributed by atoms with Crippen LogP contribution in [0.15, 0.2) is 42.9 Å². The average Bonchev–Trinajstić information content (AvgIpc) is 3.45. The second-order valence-corrected chi connectivity index (χ2v) is 9.51. The molecular formula is C24H24Cl2N6O. The van der Waals surface area contributed by atoms with E-state index >= 15 is 0 Å². The van der Waals surface area contributed by atoms with Crippen LogP contribution in [0, 0.1) is 5.92 Å². The molecule has 5 rings (SSSR count). The quantitative estimate of drug-likeness (QED) is 0.388. The van der Waals surface area contributed by atoms with Gasteiger partial charge in [-0.25, -0.2) is 4.98 Å². The van der Waals surface area contributed by atoms with Gasteiger partial charge in [0, 0.05) is 62.7 Å². The minimum absolute atomic E-state index is 0.0986. The van der Waals surface area contributed by atoms with E-state index in [0.29, 0.717) is 33.0 Å². The van der Waals surface area contributed by atoms with Crippen molar-refractivity contribution in [1.82, 2.24) is 24.2 Å². The molecule has 0 atom stereocenters. The van der Waals surface area contributed by atoms with Crippen LogP contribution in [0.4, 0.5) is 11.5 Å². The molecule has 1 aliphatic carbocycles. The van der Waals surface area contributed by atoms with Crippen molar-refractivity contribution in [3.8, 4) is 11.3 Å². The van der Waals surface area contributed by atoms with Crippen LogP contribution < -0.4 is 5.32 Å². The second kappa shape index (κ2) is 8.39. The molecule has 1 aliphatic rings. The van der Waals surface area contributed by atoms with Gasteiger partial charge in [-0.3, -0.25) is 9.48 Å². The summed E-state index contributed by atoms with van der Waals surface area (Å²) in [7, 11) is 5.32. The monoisotopic (exact) mass is 482 g/mol. The van der Waals surface area contributed by atoms with E-state index < -0.39 is 0 Å². The fourth-order valence-corrected chi connectivity index (χ4v) is 4.58.